The monoisotopic (exact) mass is 329 g/mol. The van der Waals surface area contributed by atoms with Crippen molar-refractivity contribution >= 4 is 17.5 Å². The van der Waals surface area contributed by atoms with Gasteiger partial charge in [-0.25, -0.2) is 0 Å². The number of imidazole rings is 1. The zero-order chi connectivity index (χ0) is 17.1. The second-order valence-electron chi connectivity index (χ2n) is 5.87. The van der Waals surface area contributed by atoms with E-state index in [-0.39, 0.29) is 11.7 Å². The van der Waals surface area contributed by atoms with Gasteiger partial charge in [-0.2, -0.15) is 0 Å². The summed E-state index contributed by atoms with van der Waals surface area (Å²) in [5.41, 5.74) is 2.09. The zero-order valence-electron chi connectivity index (χ0n) is 13.4. The first kappa shape index (κ1) is 16.0. The van der Waals surface area contributed by atoms with Crippen molar-refractivity contribution in [3.63, 3.8) is 0 Å². The molecule has 126 valence electrons. The highest BCUT2D eigenvalue weighted by molar-refractivity contribution is 5.78. The van der Waals surface area contributed by atoms with E-state index >= 15 is 0 Å². The summed E-state index contributed by atoms with van der Waals surface area (Å²) in [5, 5.41) is 14.0. The van der Waals surface area contributed by atoms with Crippen molar-refractivity contribution < 1.29 is 9.72 Å². The van der Waals surface area contributed by atoms with Gasteiger partial charge in [-0.1, -0.05) is 24.3 Å². The van der Waals surface area contributed by atoms with Crippen LogP contribution in [0.3, 0.4) is 0 Å². The van der Waals surface area contributed by atoms with Crippen LogP contribution in [0.4, 0.5) is 11.6 Å². The Labute approximate surface area is 139 Å². The second kappa shape index (κ2) is 6.69. The molecular formula is C16H19N5O3. The van der Waals surface area contributed by atoms with Gasteiger partial charge in [-0.3, -0.25) is 9.36 Å². The van der Waals surface area contributed by atoms with Crippen molar-refractivity contribution in [2.45, 2.75) is 25.9 Å². The molecule has 8 nitrogen and oxygen atoms in total. The molecule has 0 spiro atoms. The number of hydrogen-bond donors (Lipinski definition) is 1. The molecule has 1 fully saturated rings. The fraction of sp³-hybridized carbons (Fsp3) is 0.375. The summed E-state index contributed by atoms with van der Waals surface area (Å²) >= 11 is 0. The summed E-state index contributed by atoms with van der Waals surface area (Å²) in [7, 11) is 1.71. The van der Waals surface area contributed by atoms with Gasteiger partial charge >= 0.3 is 5.82 Å². The number of nitro groups is 1. The van der Waals surface area contributed by atoms with Crippen LogP contribution in [0.15, 0.2) is 30.6 Å². The molecule has 0 aliphatic carbocycles. The van der Waals surface area contributed by atoms with E-state index in [0.29, 0.717) is 25.3 Å². The minimum absolute atomic E-state index is 0.179. The molecule has 1 aromatic heterocycles. The number of aryl methyl sites for hydroxylation is 1. The van der Waals surface area contributed by atoms with Crippen molar-refractivity contribution in [2.75, 3.05) is 11.9 Å². The molecule has 0 saturated carbocycles. The first-order valence-corrected chi connectivity index (χ1v) is 7.80. The molecule has 1 aliphatic rings. The van der Waals surface area contributed by atoms with Gasteiger partial charge in [0.15, 0.2) is 0 Å². The summed E-state index contributed by atoms with van der Waals surface area (Å²) in [6.45, 7) is 1.93. The number of amides is 1. The van der Waals surface area contributed by atoms with E-state index in [2.05, 4.69) is 10.3 Å². The van der Waals surface area contributed by atoms with Crippen LogP contribution in [-0.4, -0.2) is 31.8 Å². The first-order valence-electron chi connectivity index (χ1n) is 7.80. The molecule has 3 rings (SSSR count). The standard InChI is InChI=1S/C16H19N5O3/c1-19-11-18-16(21(23)24)15(19)17-9-12-4-6-13(7-5-12)10-20-8-2-3-14(20)22/h4-7,11,17H,2-3,8-10H2,1H3. The maximum Gasteiger partial charge on any atom is 0.406 e. The van der Waals surface area contributed by atoms with Crippen LogP contribution >= 0.6 is 0 Å². The van der Waals surface area contributed by atoms with Crippen LogP contribution < -0.4 is 5.32 Å². The summed E-state index contributed by atoms with van der Waals surface area (Å²) in [6.07, 6.45) is 2.99. The zero-order valence-corrected chi connectivity index (χ0v) is 13.4. The lowest BCUT2D eigenvalue weighted by atomic mass is 10.1. The Morgan fingerprint density at radius 1 is 1.29 bits per heavy atom. The number of rotatable bonds is 6. The number of carbonyl (C=O) groups is 1. The lowest BCUT2D eigenvalue weighted by Gasteiger charge is -2.15. The molecular weight excluding hydrogens is 310 g/mol. The van der Waals surface area contributed by atoms with E-state index in [1.54, 1.807) is 11.6 Å². The molecule has 1 aliphatic heterocycles. The van der Waals surface area contributed by atoms with Crippen LogP contribution in [0, 0.1) is 10.1 Å². The lowest BCUT2D eigenvalue weighted by Crippen LogP contribution is -2.23. The number of benzene rings is 1. The topological polar surface area (TPSA) is 93.3 Å². The number of likely N-dealkylation sites (tertiary alicyclic amines) is 1. The fourth-order valence-corrected chi connectivity index (χ4v) is 2.80. The molecule has 1 N–H and O–H groups in total. The van der Waals surface area contributed by atoms with Crippen molar-refractivity contribution in [3.05, 3.63) is 51.8 Å². The SMILES string of the molecule is Cn1cnc([N+](=O)[O-])c1NCc1ccc(CN2CCCC2=O)cc1. The predicted octanol–water partition coefficient (Wildman–Crippen LogP) is 2.06. The third-order valence-electron chi connectivity index (χ3n) is 4.12. The molecule has 2 aromatic rings. The van der Waals surface area contributed by atoms with E-state index in [9.17, 15) is 14.9 Å². The maximum atomic E-state index is 11.7. The number of anilines is 1. The quantitative estimate of drug-likeness (QED) is 0.647. The molecule has 1 saturated heterocycles. The minimum atomic E-state index is -0.501. The number of nitrogens with one attached hydrogen (secondary N) is 1. The van der Waals surface area contributed by atoms with Gasteiger partial charge in [-0.05, 0) is 27.5 Å². The summed E-state index contributed by atoms with van der Waals surface area (Å²) in [5.74, 6) is 0.415. The molecule has 8 heteroatoms. The third-order valence-corrected chi connectivity index (χ3v) is 4.12. The van der Waals surface area contributed by atoms with E-state index < -0.39 is 4.92 Å². The molecule has 0 atom stereocenters. The highest BCUT2D eigenvalue weighted by Crippen LogP contribution is 2.22. The van der Waals surface area contributed by atoms with Gasteiger partial charge in [0.1, 0.15) is 0 Å². The van der Waals surface area contributed by atoms with Crippen molar-refractivity contribution in [1.29, 1.82) is 0 Å². The smallest absolute Gasteiger partial charge is 0.360 e. The molecule has 0 bridgehead atoms. The maximum absolute atomic E-state index is 11.7. The number of aromatic nitrogens is 2. The Morgan fingerprint density at radius 3 is 2.62 bits per heavy atom. The number of nitrogens with zero attached hydrogens (tertiary/aromatic N) is 4. The molecule has 1 amide bonds. The van der Waals surface area contributed by atoms with Gasteiger partial charge in [0, 0.05) is 33.1 Å². The van der Waals surface area contributed by atoms with Crippen LogP contribution in [0.5, 0.6) is 0 Å². The molecule has 24 heavy (non-hydrogen) atoms. The highest BCUT2D eigenvalue weighted by Gasteiger charge is 2.20. The fourth-order valence-electron chi connectivity index (χ4n) is 2.80. The Balaban J connectivity index is 1.61. The van der Waals surface area contributed by atoms with Crippen molar-refractivity contribution in [1.82, 2.24) is 14.5 Å². The summed E-state index contributed by atoms with van der Waals surface area (Å²) in [4.78, 5) is 27.7. The van der Waals surface area contributed by atoms with Gasteiger partial charge in [0.05, 0.1) is 0 Å². The highest BCUT2D eigenvalue weighted by atomic mass is 16.6. The Hall–Kier alpha value is -2.90. The van der Waals surface area contributed by atoms with Crippen LogP contribution in [0.25, 0.3) is 0 Å². The summed E-state index contributed by atoms with van der Waals surface area (Å²) in [6, 6.07) is 7.90. The first-order chi connectivity index (χ1) is 11.5. The Morgan fingerprint density at radius 2 is 2.00 bits per heavy atom. The molecule has 0 unspecified atom stereocenters. The predicted molar refractivity (Wildman–Crippen MR) is 88.3 cm³/mol. The third kappa shape index (κ3) is 3.37. The Bertz CT molecular complexity index is 754. The molecule has 1 aromatic carbocycles. The van der Waals surface area contributed by atoms with Gasteiger partial charge in [0.2, 0.25) is 18.1 Å². The van der Waals surface area contributed by atoms with Gasteiger partial charge in [0.25, 0.3) is 0 Å². The van der Waals surface area contributed by atoms with E-state index in [4.69, 9.17) is 0 Å². The van der Waals surface area contributed by atoms with Gasteiger partial charge in [-0.15, -0.1) is 0 Å². The average Bonchev–Trinajstić information content (AvgIpc) is 3.13. The van der Waals surface area contributed by atoms with Crippen LogP contribution in [-0.2, 0) is 24.9 Å². The van der Waals surface area contributed by atoms with Gasteiger partial charge < -0.3 is 20.3 Å². The van der Waals surface area contributed by atoms with E-state index in [0.717, 1.165) is 24.1 Å². The van der Waals surface area contributed by atoms with Crippen molar-refractivity contribution in [3.8, 4) is 0 Å². The van der Waals surface area contributed by atoms with Crippen LogP contribution in [0.2, 0.25) is 0 Å². The average molecular weight is 329 g/mol. The number of carbonyl (C=O) groups excluding carboxylic acids is 1. The van der Waals surface area contributed by atoms with E-state index in [1.807, 2.05) is 29.2 Å². The normalized spacial score (nSPS) is 14.2. The summed E-state index contributed by atoms with van der Waals surface area (Å²) < 4.78 is 1.59. The number of hydrogen-bond acceptors (Lipinski definition) is 5. The lowest BCUT2D eigenvalue weighted by molar-refractivity contribution is -0.388. The Kier molecular flexibility index (Phi) is 4.45. The van der Waals surface area contributed by atoms with E-state index in [1.165, 1.54) is 6.33 Å². The van der Waals surface area contributed by atoms with Crippen molar-refractivity contribution in [2.24, 2.45) is 7.05 Å². The second-order valence-corrected chi connectivity index (χ2v) is 5.87. The largest absolute Gasteiger partial charge is 0.406 e. The molecule has 2 heterocycles. The van der Waals surface area contributed by atoms with Crippen LogP contribution in [0.1, 0.15) is 24.0 Å². The minimum Gasteiger partial charge on any atom is -0.360 e. The molecule has 0 radical (unpaired) electrons.